The summed E-state index contributed by atoms with van der Waals surface area (Å²) >= 11 is 0. The molecule has 2 unspecified atom stereocenters. The summed E-state index contributed by atoms with van der Waals surface area (Å²) < 4.78 is 0. The topological polar surface area (TPSA) is 57.5 Å². The smallest absolute Gasteiger partial charge is 0.303 e. The van der Waals surface area contributed by atoms with Crippen molar-refractivity contribution in [2.75, 3.05) is 0 Å². The van der Waals surface area contributed by atoms with E-state index < -0.39 is 5.97 Å². The number of hydrogen-bond donors (Lipinski definition) is 2. The molecule has 1 aliphatic rings. The van der Waals surface area contributed by atoms with Crippen molar-refractivity contribution < 1.29 is 15.0 Å². The third-order valence-electron chi connectivity index (χ3n) is 7.17. The zero-order chi connectivity index (χ0) is 22.7. The lowest BCUT2D eigenvalue weighted by atomic mass is 9.82. The number of aliphatic carboxylic acids is 1. The molecule has 0 spiro atoms. The normalized spacial score (nSPS) is 20.7. The summed E-state index contributed by atoms with van der Waals surface area (Å²) in [7, 11) is 0. The first-order valence-corrected chi connectivity index (χ1v) is 13.6. The van der Waals surface area contributed by atoms with E-state index in [1.54, 1.807) is 0 Å². The van der Waals surface area contributed by atoms with Crippen LogP contribution in [0.25, 0.3) is 0 Å². The van der Waals surface area contributed by atoms with Crippen molar-refractivity contribution >= 4 is 5.97 Å². The Kier molecular flexibility index (Phi) is 17.0. The maximum atomic E-state index is 10.4. The minimum Gasteiger partial charge on any atom is -0.481 e. The number of hydrogen-bond acceptors (Lipinski definition) is 2. The van der Waals surface area contributed by atoms with Gasteiger partial charge in [0.1, 0.15) is 0 Å². The predicted molar refractivity (Wildman–Crippen MR) is 132 cm³/mol. The molecule has 1 rings (SSSR count). The van der Waals surface area contributed by atoms with Crippen LogP contribution in [0.5, 0.6) is 0 Å². The lowest BCUT2D eigenvalue weighted by Crippen LogP contribution is -2.21. The van der Waals surface area contributed by atoms with E-state index in [9.17, 15) is 9.90 Å². The molecule has 0 aromatic carbocycles. The maximum Gasteiger partial charge on any atom is 0.303 e. The minimum atomic E-state index is -0.658. The fourth-order valence-electron chi connectivity index (χ4n) is 5.01. The predicted octanol–water partition coefficient (Wildman–Crippen LogP) is 8.59. The molecule has 31 heavy (non-hydrogen) atoms. The van der Waals surface area contributed by atoms with E-state index in [1.165, 1.54) is 114 Å². The SMILES string of the molecule is C/C(CCCCCCCCCCCCCCCCCCC(=O)O)=C1\CCC(C)CC1O. The van der Waals surface area contributed by atoms with E-state index >= 15 is 0 Å². The van der Waals surface area contributed by atoms with Crippen LogP contribution in [0.15, 0.2) is 11.1 Å². The van der Waals surface area contributed by atoms with Gasteiger partial charge in [-0.2, -0.15) is 0 Å². The van der Waals surface area contributed by atoms with Crippen LogP contribution in [0.2, 0.25) is 0 Å². The van der Waals surface area contributed by atoms with Gasteiger partial charge in [0.05, 0.1) is 6.10 Å². The molecular formula is C28H52O3. The zero-order valence-corrected chi connectivity index (χ0v) is 20.8. The summed E-state index contributed by atoms with van der Waals surface area (Å²) in [4.78, 5) is 10.4. The number of carboxylic acid groups (broad SMARTS) is 1. The highest BCUT2D eigenvalue weighted by Crippen LogP contribution is 2.31. The number of carboxylic acids is 1. The average Bonchev–Trinajstić information content (AvgIpc) is 2.72. The van der Waals surface area contributed by atoms with Crippen molar-refractivity contribution in [3.05, 3.63) is 11.1 Å². The Bertz CT molecular complexity index is 483. The highest BCUT2D eigenvalue weighted by atomic mass is 16.4. The van der Waals surface area contributed by atoms with E-state index in [1.807, 2.05) is 0 Å². The lowest BCUT2D eigenvalue weighted by Gasteiger charge is -2.27. The third-order valence-corrected chi connectivity index (χ3v) is 7.17. The summed E-state index contributed by atoms with van der Waals surface area (Å²) in [6.45, 7) is 4.50. The molecule has 0 saturated heterocycles. The van der Waals surface area contributed by atoms with E-state index in [-0.39, 0.29) is 6.10 Å². The molecule has 0 aliphatic heterocycles. The monoisotopic (exact) mass is 436 g/mol. The summed E-state index contributed by atoms with van der Waals surface area (Å²) in [5.74, 6) is 0.0219. The van der Waals surface area contributed by atoms with Gasteiger partial charge in [-0.1, -0.05) is 102 Å². The molecule has 0 radical (unpaired) electrons. The number of carbonyl (C=O) groups is 1. The molecule has 0 bridgehead atoms. The summed E-state index contributed by atoms with van der Waals surface area (Å²) in [6, 6.07) is 0. The van der Waals surface area contributed by atoms with Crippen molar-refractivity contribution in [3.8, 4) is 0 Å². The molecule has 0 amide bonds. The van der Waals surface area contributed by atoms with Crippen molar-refractivity contribution in [1.29, 1.82) is 0 Å². The lowest BCUT2D eigenvalue weighted by molar-refractivity contribution is -0.137. The largest absolute Gasteiger partial charge is 0.481 e. The van der Waals surface area contributed by atoms with E-state index in [2.05, 4.69) is 13.8 Å². The second-order valence-corrected chi connectivity index (χ2v) is 10.3. The van der Waals surface area contributed by atoms with Crippen LogP contribution in [0, 0.1) is 5.92 Å². The van der Waals surface area contributed by atoms with Gasteiger partial charge in [-0.25, -0.2) is 0 Å². The fourth-order valence-corrected chi connectivity index (χ4v) is 5.01. The molecule has 0 aromatic heterocycles. The van der Waals surface area contributed by atoms with Gasteiger partial charge >= 0.3 is 5.97 Å². The minimum absolute atomic E-state index is 0.167. The first kappa shape index (κ1) is 28.2. The molecule has 3 nitrogen and oxygen atoms in total. The number of aliphatic hydroxyl groups excluding tert-OH is 1. The Hall–Kier alpha value is -0.830. The molecule has 0 aromatic rings. The molecule has 0 heterocycles. The van der Waals surface area contributed by atoms with Gasteiger partial charge in [0.15, 0.2) is 0 Å². The molecule has 1 saturated carbocycles. The zero-order valence-electron chi connectivity index (χ0n) is 20.8. The van der Waals surface area contributed by atoms with Gasteiger partial charge in [0.2, 0.25) is 0 Å². The van der Waals surface area contributed by atoms with Crippen LogP contribution < -0.4 is 0 Å². The Morgan fingerprint density at radius 3 is 1.52 bits per heavy atom. The molecule has 182 valence electrons. The molecule has 2 atom stereocenters. The molecule has 1 fully saturated rings. The van der Waals surface area contributed by atoms with Gasteiger partial charge in [0.25, 0.3) is 0 Å². The summed E-state index contributed by atoms with van der Waals surface area (Å²) in [5.41, 5.74) is 2.83. The van der Waals surface area contributed by atoms with Gasteiger partial charge in [-0.3, -0.25) is 4.79 Å². The van der Waals surface area contributed by atoms with E-state index in [4.69, 9.17) is 5.11 Å². The Labute approximate surface area is 193 Å². The van der Waals surface area contributed by atoms with Crippen molar-refractivity contribution in [1.82, 2.24) is 0 Å². The number of unbranched alkanes of at least 4 members (excludes halogenated alkanes) is 15. The average molecular weight is 437 g/mol. The third kappa shape index (κ3) is 15.6. The van der Waals surface area contributed by atoms with E-state index in [0.717, 1.165) is 25.7 Å². The van der Waals surface area contributed by atoms with E-state index in [0.29, 0.717) is 12.3 Å². The maximum absolute atomic E-state index is 10.4. The van der Waals surface area contributed by atoms with Crippen LogP contribution in [0.4, 0.5) is 0 Å². The molecule has 3 heteroatoms. The van der Waals surface area contributed by atoms with Crippen molar-refractivity contribution in [2.24, 2.45) is 5.92 Å². The second-order valence-electron chi connectivity index (χ2n) is 10.3. The van der Waals surface area contributed by atoms with Crippen molar-refractivity contribution in [3.63, 3.8) is 0 Å². The quantitative estimate of drug-likeness (QED) is 0.157. The van der Waals surface area contributed by atoms with Gasteiger partial charge < -0.3 is 10.2 Å². The standard InChI is InChI=1S/C28H52O3/c1-24-21-22-26(27(29)23-24)25(2)19-17-15-13-11-9-7-5-3-4-6-8-10-12-14-16-18-20-28(30)31/h24,27,29H,3-23H2,1-2H3,(H,30,31)/b26-25-. The Morgan fingerprint density at radius 2 is 1.13 bits per heavy atom. The van der Waals surface area contributed by atoms with Gasteiger partial charge in [0, 0.05) is 6.42 Å². The van der Waals surface area contributed by atoms with Crippen LogP contribution in [-0.4, -0.2) is 22.3 Å². The fraction of sp³-hybridized carbons (Fsp3) is 0.893. The number of aliphatic hydroxyl groups is 1. The van der Waals surface area contributed by atoms with Gasteiger partial charge in [-0.15, -0.1) is 0 Å². The first-order valence-electron chi connectivity index (χ1n) is 13.6. The highest BCUT2D eigenvalue weighted by Gasteiger charge is 2.22. The number of rotatable bonds is 19. The molecule has 1 aliphatic carbocycles. The summed E-state index contributed by atoms with van der Waals surface area (Å²) in [5, 5.41) is 18.9. The van der Waals surface area contributed by atoms with Crippen LogP contribution in [0.3, 0.4) is 0 Å². The van der Waals surface area contributed by atoms with Gasteiger partial charge in [-0.05, 0) is 56.9 Å². The first-order chi connectivity index (χ1) is 15.0. The molecular weight excluding hydrogens is 384 g/mol. The van der Waals surface area contributed by atoms with Crippen LogP contribution >= 0.6 is 0 Å². The second kappa shape index (κ2) is 18.7. The Morgan fingerprint density at radius 1 is 0.742 bits per heavy atom. The Balaban J connectivity index is 1.80. The van der Waals surface area contributed by atoms with Crippen LogP contribution in [0.1, 0.15) is 149 Å². The molecule has 2 N–H and O–H groups in total. The highest BCUT2D eigenvalue weighted by molar-refractivity contribution is 5.66. The van der Waals surface area contributed by atoms with Crippen molar-refractivity contribution in [2.45, 2.75) is 155 Å². The summed E-state index contributed by atoms with van der Waals surface area (Å²) in [6.07, 6.45) is 25.5. The van der Waals surface area contributed by atoms with Crippen LogP contribution in [-0.2, 0) is 4.79 Å². The number of allylic oxidation sites excluding steroid dienone is 1.